The lowest BCUT2D eigenvalue weighted by Crippen LogP contribution is -2.30. The van der Waals surface area contributed by atoms with Crippen molar-refractivity contribution in [2.45, 2.75) is 19.3 Å². The molecule has 1 aliphatic heterocycles. The molecule has 0 aromatic heterocycles. The predicted octanol–water partition coefficient (Wildman–Crippen LogP) is 3.00. The molecule has 1 unspecified atom stereocenters. The Morgan fingerprint density at radius 2 is 1.88 bits per heavy atom. The van der Waals surface area contributed by atoms with E-state index in [-0.39, 0.29) is 24.2 Å². The van der Waals surface area contributed by atoms with Crippen molar-refractivity contribution in [3.63, 3.8) is 0 Å². The smallest absolute Gasteiger partial charge is 0.339 e. The number of carbonyl (C=O) groups is 3. The average Bonchev–Trinajstić information content (AvgIpc) is 2.66. The minimum atomic E-state index is -0.510. The lowest BCUT2D eigenvalue weighted by molar-refractivity contribution is -0.121. The second-order valence-corrected chi connectivity index (χ2v) is 6.17. The molecule has 0 radical (unpaired) electrons. The van der Waals surface area contributed by atoms with Gasteiger partial charge < -0.3 is 15.4 Å². The maximum Gasteiger partial charge on any atom is 0.339 e. The summed E-state index contributed by atoms with van der Waals surface area (Å²) in [4.78, 5) is 36.2. The maximum atomic E-state index is 12.3. The van der Waals surface area contributed by atoms with Crippen molar-refractivity contribution in [1.82, 2.24) is 0 Å². The summed E-state index contributed by atoms with van der Waals surface area (Å²) in [6.45, 7) is 0. The number of hydrogen-bond acceptors (Lipinski definition) is 4. The van der Waals surface area contributed by atoms with Crippen LogP contribution in [-0.4, -0.2) is 24.9 Å². The monoisotopic (exact) mass is 352 g/mol. The summed E-state index contributed by atoms with van der Waals surface area (Å²) in [6, 6.07) is 14.3. The van der Waals surface area contributed by atoms with E-state index in [1.165, 1.54) is 7.11 Å². The second kappa shape index (κ2) is 7.82. The first-order valence-corrected chi connectivity index (χ1v) is 8.44. The average molecular weight is 352 g/mol. The molecule has 1 aliphatic rings. The van der Waals surface area contributed by atoms with Crippen LogP contribution < -0.4 is 10.6 Å². The Kier molecular flexibility index (Phi) is 5.31. The molecule has 1 atom stereocenters. The summed E-state index contributed by atoms with van der Waals surface area (Å²) in [6.07, 6.45) is 1.25. The van der Waals surface area contributed by atoms with Gasteiger partial charge in [-0.2, -0.15) is 0 Å². The van der Waals surface area contributed by atoms with Crippen molar-refractivity contribution >= 4 is 29.2 Å². The Bertz CT molecular complexity index is 847. The van der Waals surface area contributed by atoms with Crippen molar-refractivity contribution in [2.75, 3.05) is 17.7 Å². The zero-order valence-electron chi connectivity index (χ0n) is 14.5. The molecule has 0 spiro atoms. The molecule has 2 N–H and O–H groups in total. The quantitative estimate of drug-likeness (QED) is 0.810. The van der Waals surface area contributed by atoms with E-state index in [2.05, 4.69) is 10.6 Å². The Morgan fingerprint density at radius 1 is 1.15 bits per heavy atom. The molecule has 6 nitrogen and oxygen atoms in total. The number of amides is 2. The lowest BCUT2D eigenvalue weighted by Gasteiger charge is -2.24. The third-order valence-electron chi connectivity index (χ3n) is 4.44. The van der Waals surface area contributed by atoms with Crippen molar-refractivity contribution in [2.24, 2.45) is 5.92 Å². The fraction of sp³-hybridized carbons (Fsp3) is 0.250. The molecule has 6 heteroatoms. The van der Waals surface area contributed by atoms with Crippen LogP contribution in [0.5, 0.6) is 0 Å². The van der Waals surface area contributed by atoms with Gasteiger partial charge in [-0.3, -0.25) is 9.59 Å². The van der Waals surface area contributed by atoms with E-state index in [4.69, 9.17) is 4.74 Å². The van der Waals surface area contributed by atoms with E-state index in [0.29, 0.717) is 24.1 Å². The van der Waals surface area contributed by atoms with Crippen LogP contribution in [0.25, 0.3) is 0 Å². The molecule has 26 heavy (non-hydrogen) atoms. The van der Waals surface area contributed by atoms with E-state index in [9.17, 15) is 14.4 Å². The van der Waals surface area contributed by atoms with Crippen molar-refractivity contribution in [3.05, 3.63) is 59.7 Å². The van der Waals surface area contributed by atoms with Crippen LogP contribution in [0.3, 0.4) is 0 Å². The largest absolute Gasteiger partial charge is 0.465 e. The molecule has 3 rings (SSSR count). The van der Waals surface area contributed by atoms with Gasteiger partial charge in [-0.05, 0) is 36.6 Å². The van der Waals surface area contributed by atoms with Crippen molar-refractivity contribution in [1.29, 1.82) is 0 Å². The summed E-state index contributed by atoms with van der Waals surface area (Å²) in [7, 11) is 1.29. The number of esters is 1. The van der Waals surface area contributed by atoms with Crippen LogP contribution in [0, 0.1) is 5.92 Å². The molecule has 0 saturated carbocycles. The number of rotatable bonds is 5. The van der Waals surface area contributed by atoms with E-state index in [1.54, 1.807) is 24.3 Å². The Labute approximate surface area is 151 Å². The summed E-state index contributed by atoms with van der Waals surface area (Å²) >= 11 is 0. The van der Waals surface area contributed by atoms with E-state index < -0.39 is 5.97 Å². The number of nitrogens with one attached hydrogen (secondary N) is 2. The third kappa shape index (κ3) is 3.91. The van der Waals surface area contributed by atoms with Gasteiger partial charge in [0, 0.05) is 18.0 Å². The first-order valence-electron chi connectivity index (χ1n) is 8.44. The first-order chi connectivity index (χ1) is 12.6. The summed E-state index contributed by atoms with van der Waals surface area (Å²) in [5, 5.41) is 5.61. The van der Waals surface area contributed by atoms with Crippen LogP contribution in [0.4, 0.5) is 11.4 Å². The van der Waals surface area contributed by atoms with Crippen LogP contribution in [0.2, 0.25) is 0 Å². The number of benzene rings is 2. The van der Waals surface area contributed by atoms with Crippen LogP contribution in [0.15, 0.2) is 48.5 Å². The normalized spacial score (nSPS) is 15.6. The minimum absolute atomic E-state index is 0.0635. The van der Waals surface area contributed by atoms with Crippen molar-refractivity contribution in [3.8, 4) is 0 Å². The lowest BCUT2D eigenvalue weighted by atomic mass is 9.89. The molecule has 2 amide bonds. The molecule has 0 bridgehead atoms. The van der Waals surface area contributed by atoms with Gasteiger partial charge in [0.05, 0.1) is 18.4 Å². The van der Waals surface area contributed by atoms with Gasteiger partial charge in [-0.15, -0.1) is 0 Å². The number of ether oxygens (including phenoxy) is 1. The van der Waals surface area contributed by atoms with Gasteiger partial charge in [-0.1, -0.05) is 30.3 Å². The summed E-state index contributed by atoms with van der Waals surface area (Å²) < 4.78 is 4.72. The number of hydrogen-bond donors (Lipinski definition) is 2. The SMILES string of the molecule is COC(=O)c1ccccc1NC(=O)CCC1Cc2ccccc2NC1=O. The molecule has 2 aromatic carbocycles. The highest BCUT2D eigenvalue weighted by Crippen LogP contribution is 2.27. The number of fused-ring (bicyclic) bond motifs is 1. The van der Waals surface area contributed by atoms with Gasteiger partial charge in [0.2, 0.25) is 11.8 Å². The van der Waals surface area contributed by atoms with Crippen LogP contribution in [-0.2, 0) is 20.7 Å². The fourth-order valence-corrected chi connectivity index (χ4v) is 3.04. The zero-order valence-corrected chi connectivity index (χ0v) is 14.5. The maximum absolute atomic E-state index is 12.3. The van der Waals surface area contributed by atoms with Gasteiger partial charge >= 0.3 is 5.97 Å². The first kappa shape index (κ1) is 17.7. The Balaban J connectivity index is 1.60. The van der Waals surface area contributed by atoms with Gasteiger partial charge in [0.25, 0.3) is 0 Å². The summed E-state index contributed by atoms with van der Waals surface area (Å²) in [5.41, 5.74) is 2.62. The minimum Gasteiger partial charge on any atom is -0.465 e. The highest BCUT2D eigenvalue weighted by Gasteiger charge is 2.26. The molecule has 0 aliphatic carbocycles. The topological polar surface area (TPSA) is 84.5 Å². The molecule has 134 valence electrons. The fourth-order valence-electron chi connectivity index (χ4n) is 3.04. The van der Waals surface area contributed by atoms with Gasteiger partial charge in [-0.25, -0.2) is 4.79 Å². The molecule has 0 fully saturated rings. The van der Waals surface area contributed by atoms with Crippen LogP contribution >= 0.6 is 0 Å². The summed E-state index contributed by atoms with van der Waals surface area (Å²) in [5.74, 6) is -1.06. The molecule has 2 aromatic rings. The number of carbonyl (C=O) groups excluding carboxylic acids is 3. The Hall–Kier alpha value is -3.15. The zero-order chi connectivity index (χ0) is 18.5. The van der Waals surface area contributed by atoms with Crippen molar-refractivity contribution < 1.29 is 19.1 Å². The molecule has 0 saturated heterocycles. The molecular formula is C20H20N2O4. The second-order valence-electron chi connectivity index (χ2n) is 6.17. The van der Waals surface area contributed by atoms with E-state index in [0.717, 1.165) is 11.3 Å². The molecular weight excluding hydrogens is 332 g/mol. The highest BCUT2D eigenvalue weighted by atomic mass is 16.5. The highest BCUT2D eigenvalue weighted by molar-refractivity contribution is 6.01. The third-order valence-corrected chi connectivity index (χ3v) is 4.44. The number of anilines is 2. The van der Waals surface area contributed by atoms with Crippen LogP contribution in [0.1, 0.15) is 28.8 Å². The standard InChI is InChI=1S/C20H20N2O4/c1-26-20(25)15-7-3-5-9-17(15)21-18(23)11-10-14-12-13-6-2-4-8-16(13)22-19(14)24/h2-9,14H,10-12H2,1H3,(H,21,23)(H,22,24). The number of para-hydroxylation sites is 2. The predicted molar refractivity (Wildman–Crippen MR) is 97.9 cm³/mol. The van der Waals surface area contributed by atoms with E-state index in [1.807, 2.05) is 24.3 Å². The number of methoxy groups -OCH3 is 1. The van der Waals surface area contributed by atoms with Gasteiger partial charge in [0.1, 0.15) is 0 Å². The Morgan fingerprint density at radius 3 is 2.69 bits per heavy atom. The molecule has 1 heterocycles. The van der Waals surface area contributed by atoms with Gasteiger partial charge in [0.15, 0.2) is 0 Å². The van der Waals surface area contributed by atoms with E-state index >= 15 is 0 Å².